The van der Waals surface area contributed by atoms with E-state index in [-0.39, 0.29) is 5.92 Å². The molecular weight excluding hydrogens is 408 g/mol. The summed E-state index contributed by atoms with van der Waals surface area (Å²) >= 11 is 0. The van der Waals surface area contributed by atoms with Crippen molar-refractivity contribution < 1.29 is 4.53 Å². The van der Waals surface area contributed by atoms with Crippen molar-refractivity contribution in [3.05, 3.63) is 91.0 Å². The average molecular weight is 439 g/mol. The van der Waals surface area contributed by atoms with Crippen molar-refractivity contribution in [3.63, 3.8) is 0 Å². The molecule has 0 bridgehead atoms. The van der Waals surface area contributed by atoms with Crippen molar-refractivity contribution in [2.45, 2.75) is 44.9 Å². The molecule has 3 aromatic carbocycles. The third kappa shape index (κ3) is 5.00. The molecule has 0 aliphatic heterocycles. The molecule has 0 heterocycles. The molecule has 4 heteroatoms. The van der Waals surface area contributed by atoms with Crippen LogP contribution in [-0.4, -0.2) is 14.0 Å². The molecular formula is C28H30N2OSi. The first-order chi connectivity index (χ1) is 15.8. The minimum absolute atomic E-state index is 0.0247. The lowest BCUT2D eigenvalue weighted by molar-refractivity contribution is 0.344. The van der Waals surface area contributed by atoms with Gasteiger partial charge in [0.15, 0.2) is 0 Å². The molecule has 1 saturated carbocycles. The summed E-state index contributed by atoms with van der Waals surface area (Å²) in [5.41, 5.74) is 1.03. The molecule has 1 unspecified atom stereocenters. The molecule has 0 N–H and O–H groups in total. The molecule has 0 radical (unpaired) electrons. The largest absolute Gasteiger partial charge is 0.438 e. The Morgan fingerprint density at radius 2 is 1.22 bits per heavy atom. The number of nitriles is 1. The fourth-order valence-corrected chi connectivity index (χ4v) is 8.13. The minimum atomic E-state index is -2.85. The summed E-state index contributed by atoms with van der Waals surface area (Å²) < 4.78 is 6.77. The monoisotopic (exact) mass is 438 g/mol. The number of hydrogen-bond acceptors (Lipinski definition) is 3. The summed E-state index contributed by atoms with van der Waals surface area (Å²) in [6.45, 7) is 0. The molecule has 0 amide bonds. The highest BCUT2D eigenvalue weighted by atomic mass is 28.4. The highest BCUT2D eigenvalue weighted by Gasteiger charge is 2.45. The molecule has 162 valence electrons. The van der Waals surface area contributed by atoms with Crippen LogP contribution in [0.25, 0.3) is 0 Å². The second-order valence-corrected chi connectivity index (χ2v) is 11.8. The van der Waals surface area contributed by atoms with Crippen molar-refractivity contribution in [1.29, 1.82) is 5.26 Å². The van der Waals surface area contributed by atoms with Crippen molar-refractivity contribution in [3.8, 4) is 6.07 Å². The number of nitrogens with zero attached hydrogens (tertiary/aromatic N) is 2. The molecule has 1 atom stereocenters. The molecule has 0 aromatic heterocycles. The molecule has 32 heavy (non-hydrogen) atoms. The molecule has 1 aliphatic rings. The van der Waals surface area contributed by atoms with Gasteiger partial charge in [-0.25, -0.2) is 0 Å². The van der Waals surface area contributed by atoms with Crippen LogP contribution in [0.3, 0.4) is 0 Å². The maximum Gasteiger partial charge on any atom is 0.380 e. The van der Waals surface area contributed by atoms with E-state index < -0.39 is 8.32 Å². The Kier molecular flexibility index (Phi) is 7.53. The van der Waals surface area contributed by atoms with Gasteiger partial charge in [-0.1, -0.05) is 110 Å². The van der Waals surface area contributed by atoms with Gasteiger partial charge in [0, 0.05) is 6.42 Å². The first-order valence-corrected chi connectivity index (χ1v) is 13.5. The van der Waals surface area contributed by atoms with Crippen LogP contribution < -0.4 is 15.6 Å². The number of benzene rings is 3. The van der Waals surface area contributed by atoms with Gasteiger partial charge >= 0.3 is 8.32 Å². The second-order valence-electron chi connectivity index (χ2n) is 8.51. The van der Waals surface area contributed by atoms with E-state index in [0.717, 1.165) is 31.4 Å². The molecule has 1 fully saturated rings. The van der Waals surface area contributed by atoms with Gasteiger partial charge in [-0.3, -0.25) is 0 Å². The predicted octanol–water partition coefficient (Wildman–Crippen LogP) is 4.91. The van der Waals surface area contributed by atoms with Crippen molar-refractivity contribution in [2.75, 3.05) is 0 Å². The Morgan fingerprint density at radius 1 is 0.719 bits per heavy atom. The average Bonchev–Trinajstić information content (AvgIpc) is 2.98. The second kappa shape index (κ2) is 10.9. The Hall–Kier alpha value is -3.16. The Labute approximate surface area is 192 Å². The fraction of sp³-hybridized carbons (Fsp3) is 0.286. The molecule has 0 saturated heterocycles. The van der Waals surface area contributed by atoms with Gasteiger partial charge in [-0.2, -0.15) is 5.26 Å². The summed E-state index contributed by atoms with van der Waals surface area (Å²) in [4.78, 5) is 0. The lowest BCUT2D eigenvalue weighted by Crippen LogP contribution is -2.68. The van der Waals surface area contributed by atoms with E-state index in [1.807, 2.05) is 18.2 Å². The molecule has 3 nitrogen and oxygen atoms in total. The summed E-state index contributed by atoms with van der Waals surface area (Å²) in [5.74, 6) is 0.0247. The van der Waals surface area contributed by atoms with E-state index in [1.54, 1.807) is 0 Å². The number of rotatable bonds is 5. The zero-order chi connectivity index (χ0) is 22.1. The Bertz CT molecular complexity index is 948. The molecule has 0 spiro atoms. The zero-order valence-electron chi connectivity index (χ0n) is 18.5. The van der Waals surface area contributed by atoms with E-state index in [9.17, 15) is 5.26 Å². The summed E-state index contributed by atoms with van der Waals surface area (Å²) in [6, 6.07) is 34.0. The van der Waals surface area contributed by atoms with Gasteiger partial charge < -0.3 is 4.53 Å². The standard InChI is InChI=1S/C28H30N2OSi/c29-23-24-14-6-1-2-7-15-25(22-24)30-31-32(26-16-8-3-9-17-26,27-18-10-4-11-19-27)28-20-12-5-13-21-28/h3-5,8-13,16-21,24H,1-2,6-7,14-15,22H2. The minimum Gasteiger partial charge on any atom is -0.438 e. The lowest BCUT2D eigenvalue weighted by atomic mass is 9.98. The first-order valence-electron chi connectivity index (χ1n) is 11.6. The van der Waals surface area contributed by atoms with Crippen LogP contribution in [0.5, 0.6) is 0 Å². The van der Waals surface area contributed by atoms with Gasteiger partial charge in [-0.15, -0.1) is 5.16 Å². The molecule has 4 rings (SSSR count). The van der Waals surface area contributed by atoms with Gasteiger partial charge in [0.2, 0.25) is 0 Å². The maximum atomic E-state index is 9.64. The van der Waals surface area contributed by atoms with Gasteiger partial charge in [0.1, 0.15) is 0 Å². The zero-order valence-corrected chi connectivity index (χ0v) is 19.5. The van der Waals surface area contributed by atoms with Crippen LogP contribution in [0.1, 0.15) is 44.9 Å². The smallest absolute Gasteiger partial charge is 0.380 e. The van der Waals surface area contributed by atoms with Crippen molar-refractivity contribution >= 4 is 29.6 Å². The van der Waals surface area contributed by atoms with Crippen molar-refractivity contribution in [2.24, 2.45) is 11.1 Å². The van der Waals surface area contributed by atoms with Gasteiger partial charge in [0.05, 0.1) is 17.7 Å². The van der Waals surface area contributed by atoms with Crippen LogP contribution in [0.2, 0.25) is 0 Å². The summed E-state index contributed by atoms with van der Waals surface area (Å²) in [5, 5.41) is 18.0. The van der Waals surface area contributed by atoms with Crippen LogP contribution in [-0.2, 0) is 4.53 Å². The van der Waals surface area contributed by atoms with E-state index in [0.29, 0.717) is 6.42 Å². The van der Waals surface area contributed by atoms with Crippen LogP contribution in [0.4, 0.5) is 0 Å². The quantitative estimate of drug-likeness (QED) is 0.323. The van der Waals surface area contributed by atoms with E-state index in [4.69, 9.17) is 9.68 Å². The lowest BCUT2D eigenvalue weighted by Gasteiger charge is -2.30. The summed E-state index contributed by atoms with van der Waals surface area (Å²) in [7, 11) is -2.85. The SMILES string of the molecule is N#CC1CCCCCCC(=NO[Si](c2ccccc2)(c2ccccc2)c2ccccc2)C1. The Balaban J connectivity index is 1.82. The molecule has 1 aliphatic carbocycles. The van der Waals surface area contributed by atoms with Gasteiger partial charge in [-0.05, 0) is 34.8 Å². The van der Waals surface area contributed by atoms with E-state index >= 15 is 0 Å². The number of oxime groups is 1. The van der Waals surface area contributed by atoms with E-state index in [2.05, 4.69) is 78.9 Å². The van der Waals surface area contributed by atoms with Crippen LogP contribution >= 0.6 is 0 Å². The maximum absolute atomic E-state index is 9.64. The first kappa shape index (κ1) is 22.0. The van der Waals surface area contributed by atoms with Crippen LogP contribution in [0.15, 0.2) is 96.2 Å². The van der Waals surface area contributed by atoms with Crippen LogP contribution in [0, 0.1) is 17.2 Å². The summed E-state index contributed by atoms with van der Waals surface area (Å²) in [6.07, 6.45) is 7.19. The number of hydrogen-bond donors (Lipinski definition) is 0. The highest BCUT2D eigenvalue weighted by Crippen LogP contribution is 2.21. The fourth-order valence-electron chi connectivity index (χ4n) is 4.56. The molecule has 3 aromatic rings. The highest BCUT2D eigenvalue weighted by molar-refractivity contribution is 7.07. The third-order valence-electron chi connectivity index (χ3n) is 6.29. The van der Waals surface area contributed by atoms with E-state index in [1.165, 1.54) is 28.4 Å². The Morgan fingerprint density at radius 3 is 1.72 bits per heavy atom. The normalized spacial score (nSPS) is 18.7. The topological polar surface area (TPSA) is 45.4 Å². The third-order valence-corrected chi connectivity index (χ3v) is 10.1. The van der Waals surface area contributed by atoms with Gasteiger partial charge in [0.25, 0.3) is 0 Å². The van der Waals surface area contributed by atoms with Crippen molar-refractivity contribution in [1.82, 2.24) is 0 Å². The predicted molar refractivity (Wildman–Crippen MR) is 134 cm³/mol.